The Morgan fingerprint density at radius 2 is 2.12 bits per heavy atom. The molecule has 1 heterocycles. The van der Waals surface area contributed by atoms with Crippen LogP contribution >= 0.6 is 0 Å². The van der Waals surface area contributed by atoms with Crippen LogP contribution in [0.4, 0.5) is 0 Å². The minimum atomic E-state index is 0.0511. The molecule has 17 heavy (non-hydrogen) atoms. The van der Waals surface area contributed by atoms with E-state index in [0.717, 1.165) is 10.9 Å². The molecule has 0 bridgehead atoms. The summed E-state index contributed by atoms with van der Waals surface area (Å²) >= 11 is 0. The third-order valence-electron chi connectivity index (χ3n) is 3.02. The molecule has 1 aliphatic carbocycles. The highest BCUT2D eigenvalue weighted by Gasteiger charge is 2.17. The number of rotatable bonds is 3. The number of ketones is 1. The number of allylic oxidation sites excluding steroid dienone is 2. The van der Waals surface area contributed by atoms with Crippen LogP contribution in [-0.2, 0) is 0 Å². The van der Waals surface area contributed by atoms with Gasteiger partial charge in [0.25, 0.3) is 0 Å². The second-order valence-corrected chi connectivity index (χ2v) is 4.48. The monoisotopic (exact) mass is 223 g/mol. The van der Waals surface area contributed by atoms with E-state index in [2.05, 4.69) is 4.98 Å². The quantitative estimate of drug-likeness (QED) is 0.589. The number of hydrogen-bond acceptors (Lipinski definition) is 2. The molecule has 1 saturated carbocycles. The van der Waals surface area contributed by atoms with Crippen LogP contribution < -0.4 is 0 Å². The maximum Gasteiger partial charge on any atom is 0.187 e. The van der Waals surface area contributed by atoms with Crippen molar-refractivity contribution < 1.29 is 4.79 Å². The van der Waals surface area contributed by atoms with Gasteiger partial charge in [-0.15, -0.1) is 0 Å². The first kappa shape index (κ1) is 10.2. The molecule has 1 aliphatic rings. The third kappa shape index (κ3) is 2.26. The van der Waals surface area contributed by atoms with Crippen LogP contribution in [0.3, 0.4) is 0 Å². The normalized spacial score (nSPS) is 15.5. The van der Waals surface area contributed by atoms with Gasteiger partial charge >= 0.3 is 0 Å². The Bertz CT molecular complexity index is 597. The van der Waals surface area contributed by atoms with Crippen molar-refractivity contribution in [3.63, 3.8) is 0 Å². The van der Waals surface area contributed by atoms with Gasteiger partial charge in [0.2, 0.25) is 0 Å². The van der Waals surface area contributed by atoms with E-state index in [1.807, 2.05) is 36.4 Å². The lowest BCUT2D eigenvalue weighted by Gasteiger charge is -1.99. The van der Waals surface area contributed by atoms with E-state index in [9.17, 15) is 4.79 Å². The molecule has 0 N–H and O–H groups in total. The zero-order valence-electron chi connectivity index (χ0n) is 9.47. The third-order valence-corrected chi connectivity index (χ3v) is 3.02. The van der Waals surface area contributed by atoms with E-state index in [4.69, 9.17) is 0 Å². The summed E-state index contributed by atoms with van der Waals surface area (Å²) in [4.78, 5) is 16.2. The molecule has 0 radical (unpaired) electrons. The van der Waals surface area contributed by atoms with Crippen LogP contribution in [0.25, 0.3) is 10.9 Å². The van der Waals surface area contributed by atoms with E-state index in [0.29, 0.717) is 11.5 Å². The van der Waals surface area contributed by atoms with Crippen LogP contribution in [0.5, 0.6) is 0 Å². The number of para-hydroxylation sites is 1. The highest BCUT2D eigenvalue weighted by Crippen LogP contribution is 2.30. The maximum absolute atomic E-state index is 11.9. The molecule has 3 rings (SSSR count). The summed E-state index contributed by atoms with van der Waals surface area (Å²) < 4.78 is 0. The van der Waals surface area contributed by atoms with Gasteiger partial charge in [0.15, 0.2) is 5.78 Å². The smallest absolute Gasteiger partial charge is 0.187 e. The van der Waals surface area contributed by atoms with Gasteiger partial charge < -0.3 is 0 Å². The molecule has 0 aliphatic heterocycles. The van der Waals surface area contributed by atoms with Crippen LogP contribution in [0.15, 0.2) is 48.7 Å². The first-order valence-electron chi connectivity index (χ1n) is 5.90. The van der Waals surface area contributed by atoms with Crippen molar-refractivity contribution in [2.24, 2.45) is 5.92 Å². The van der Waals surface area contributed by atoms with E-state index >= 15 is 0 Å². The number of fused-ring (bicyclic) bond motifs is 1. The Balaban J connectivity index is 1.91. The molecule has 0 spiro atoms. The molecular formula is C15H13NO. The number of hydrogen-bond donors (Lipinski definition) is 0. The van der Waals surface area contributed by atoms with Crippen molar-refractivity contribution in [3.05, 3.63) is 54.2 Å². The SMILES string of the molecule is O=C(/C=C/C1CC1)c1cnc2ccccc2c1. The van der Waals surface area contributed by atoms with Crippen LogP contribution in [0, 0.1) is 5.92 Å². The van der Waals surface area contributed by atoms with Gasteiger partial charge in [-0.2, -0.15) is 0 Å². The van der Waals surface area contributed by atoms with E-state index in [-0.39, 0.29) is 5.78 Å². The predicted molar refractivity (Wildman–Crippen MR) is 67.9 cm³/mol. The van der Waals surface area contributed by atoms with Crippen molar-refractivity contribution in [3.8, 4) is 0 Å². The fraction of sp³-hybridized carbons (Fsp3) is 0.200. The lowest BCUT2D eigenvalue weighted by atomic mass is 10.1. The maximum atomic E-state index is 11.9. The zero-order valence-corrected chi connectivity index (χ0v) is 9.47. The summed E-state index contributed by atoms with van der Waals surface area (Å²) in [6.45, 7) is 0. The summed E-state index contributed by atoms with van der Waals surface area (Å²) in [5.74, 6) is 0.683. The molecule has 0 amide bonds. The van der Waals surface area contributed by atoms with Gasteiger partial charge in [0.1, 0.15) is 0 Å². The van der Waals surface area contributed by atoms with E-state index < -0.39 is 0 Å². The molecule has 2 heteroatoms. The van der Waals surface area contributed by atoms with Gasteiger partial charge in [-0.1, -0.05) is 24.3 Å². The first-order valence-corrected chi connectivity index (χ1v) is 5.90. The molecule has 2 aromatic rings. The number of aromatic nitrogens is 1. The second-order valence-electron chi connectivity index (χ2n) is 4.48. The summed E-state index contributed by atoms with van der Waals surface area (Å²) in [6, 6.07) is 9.73. The molecule has 0 saturated heterocycles. The Morgan fingerprint density at radius 3 is 2.94 bits per heavy atom. The Labute approximate surface area is 100.0 Å². The first-order chi connectivity index (χ1) is 8.33. The minimum absolute atomic E-state index is 0.0511. The fourth-order valence-electron chi connectivity index (χ4n) is 1.81. The summed E-state index contributed by atoms with van der Waals surface area (Å²) in [5.41, 5.74) is 1.59. The van der Waals surface area contributed by atoms with Gasteiger partial charge in [-0.05, 0) is 37.0 Å². The van der Waals surface area contributed by atoms with E-state index in [1.165, 1.54) is 12.8 Å². The Hall–Kier alpha value is -1.96. The number of nitrogens with zero attached hydrogens (tertiary/aromatic N) is 1. The Morgan fingerprint density at radius 1 is 1.29 bits per heavy atom. The molecule has 84 valence electrons. The summed E-state index contributed by atoms with van der Waals surface area (Å²) in [6.07, 6.45) is 7.79. The molecule has 0 unspecified atom stereocenters. The van der Waals surface area contributed by atoms with Crippen molar-refractivity contribution in [1.82, 2.24) is 4.98 Å². The highest BCUT2D eigenvalue weighted by molar-refractivity contribution is 6.06. The van der Waals surface area contributed by atoms with Crippen molar-refractivity contribution in [2.45, 2.75) is 12.8 Å². The molecule has 2 nitrogen and oxygen atoms in total. The molecule has 1 fully saturated rings. The number of pyridine rings is 1. The van der Waals surface area contributed by atoms with Crippen molar-refractivity contribution in [2.75, 3.05) is 0 Å². The average Bonchev–Trinajstić information content (AvgIpc) is 3.19. The molecular weight excluding hydrogens is 210 g/mol. The van der Waals surface area contributed by atoms with Gasteiger partial charge in [0.05, 0.1) is 5.52 Å². The topological polar surface area (TPSA) is 30.0 Å². The standard InChI is InChI=1S/C15H13NO/c17-15(8-7-11-5-6-11)13-9-12-3-1-2-4-14(12)16-10-13/h1-4,7-11H,5-6H2/b8-7+. The molecule has 0 atom stereocenters. The fourth-order valence-corrected chi connectivity index (χ4v) is 1.81. The second kappa shape index (κ2) is 4.13. The Kier molecular flexibility index (Phi) is 2.48. The van der Waals surface area contributed by atoms with Crippen molar-refractivity contribution in [1.29, 1.82) is 0 Å². The summed E-state index contributed by atoms with van der Waals surface area (Å²) in [5, 5.41) is 1.01. The number of benzene rings is 1. The molecule has 1 aromatic carbocycles. The minimum Gasteiger partial charge on any atom is -0.289 e. The largest absolute Gasteiger partial charge is 0.289 e. The van der Waals surface area contributed by atoms with Crippen LogP contribution in [0.1, 0.15) is 23.2 Å². The van der Waals surface area contributed by atoms with Crippen LogP contribution in [-0.4, -0.2) is 10.8 Å². The van der Waals surface area contributed by atoms with Crippen LogP contribution in [0.2, 0.25) is 0 Å². The predicted octanol–water partition coefficient (Wildman–Crippen LogP) is 3.38. The lowest BCUT2D eigenvalue weighted by molar-refractivity contribution is 0.104. The highest BCUT2D eigenvalue weighted by atomic mass is 16.1. The lowest BCUT2D eigenvalue weighted by Crippen LogP contribution is -1.95. The molecule has 1 aromatic heterocycles. The number of carbonyl (C=O) groups is 1. The zero-order chi connectivity index (χ0) is 11.7. The average molecular weight is 223 g/mol. The van der Waals surface area contributed by atoms with Gasteiger partial charge in [-0.25, -0.2) is 0 Å². The number of carbonyl (C=O) groups excluding carboxylic acids is 1. The summed E-state index contributed by atoms with van der Waals surface area (Å²) in [7, 11) is 0. The van der Waals surface area contributed by atoms with E-state index in [1.54, 1.807) is 12.3 Å². The van der Waals surface area contributed by atoms with Crippen molar-refractivity contribution >= 4 is 16.7 Å². The van der Waals surface area contributed by atoms with Gasteiger partial charge in [0, 0.05) is 17.1 Å². The van der Waals surface area contributed by atoms with Gasteiger partial charge in [-0.3, -0.25) is 9.78 Å².